The van der Waals surface area contributed by atoms with E-state index >= 15 is 0 Å². The molecule has 0 heterocycles. The van der Waals surface area contributed by atoms with Crippen molar-refractivity contribution in [3.63, 3.8) is 0 Å². The van der Waals surface area contributed by atoms with Gasteiger partial charge in [0.2, 0.25) is 0 Å². The summed E-state index contributed by atoms with van der Waals surface area (Å²) in [7, 11) is -2.77. The van der Waals surface area contributed by atoms with Crippen LogP contribution in [0.25, 0.3) is 0 Å². The summed E-state index contributed by atoms with van der Waals surface area (Å²) < 4.78 is 42.8. The SMILES string of the molecule is CCOc1ccc(NS(=O)(=O)c2ccc(C)c(C(=O)O[C@@H](C)C(=O)OC)c2)cc1. The molecule has 8 nitrogen and oxygen atoms in total. The van der Waals surface area contributed by atoms with Gasteiger partial charge >= 0.3 is 11.9 Å². The van der Waals surface area contributed by atoms with Crippen LogP contribution in [0.15, 0.2) is 47.4 Å². The minimum atomic E-state index is -3.95. The zero-order valence-corrected chi connectivity index (χ0v) is 17.4. The molecular weight excluding hydrogens is 398 g/mol. The van der Waals surface area contributed by atoms with Crippen molar-refractivity contribution in [1.82, 2.24) is 0 Å². The third-order valence-corrected chi connectivity index (χ3v) is 5.35. The van der Waals surface area contributed by atoms with Gasteiger partial charge in [-0.15, -0.1) is 0 Å². The molecule has 1 atom stereocenters. The molecular formula is C20H23NO7S. The molecule has 0 aliphatic carbocycles. The van der Waals surface area contributed by atoms with Crippen LogP contribution in [0, 0.1) is 6.92 Å². The fourth-order valence-electron chi connectivity index (χ4n) is 2.43. The molecule has 0 saturated carbocycles. The second-order valence-corrected chi connectivity index (χ2v) is 7.79. The van der Waals surface area contributed by atoms with Gasteiger partial charge in [0.05, 0.1) is 24.2 Å². The third kappa shape index (κ3) is 5.71. The van der Waals surface area contributed by atoms with Crippen LogP contribution in [0.3, 0.4) is 0 Å². The first-order valence-electron chi connectivity index (χ1n) is 8.83. The van der Waals surface area contributed by atoms with Crippen molar-refractivity contribution < 1.29 is 32.2 Å². The van der Waals surface area contributed by atoms with E-state index in [9.17, 15) is 18.0 Å². The number of anilines is 1. The minimum absolute atomic E-state index is 0.0373. The van der Waals surface area contributed by atoms with Gasteiger partial charge in [0.15, 0.2) is 6.10 Å². The molecule has 0 aliphatic rings. The maximum absolute atomic E-state index is 12.7. The van der Waals surface area contributed by atoms with Crippen LogP contribution in [-0.2, 0) is 24.3 Å². The molecule has 29 heavy (non-hydrogen) atoms. The fraction of sp³-hybridized carbons (Fsp3) is 0.300. The maximum Gasteiger partial charge on any atom is 0.346 e. The quantitative estimate of drug-likeness (QED) is 0.653. The lowest BCUT2D eigenvalue weighted by Gasteiger charge is -2.14. The van der Waals surface area contributed by atoms with Crippen LogP contribution in [0.5, 0.6) is 5.75 Å². The average Bonchev–Trinajstić information content (AvgIpc) is 2.68. The summed E-state index contributed by atoms with van der Waals surface area (Å²) in [5, 5.41) is 0. The summed E-state index contributed by atoms with van der Waals surface area (Å²) >= 11 is 0. The highest BCUT2D eigenvalue weighted by Crippen LogP contribution is 2.22. The Kier molecular flexibility index (Phi) is 7.22. The van der Waals surface area contributed by atoms with Gasteiger partial charge in [-0.1, -0.05) is 6.07 Å². The molecule has 0 unspecified atom stereocenters. The van der Waals surface area contributed by atoms with Crippen molar-refractivity contribution in [2.75, 3.05) is 18.4 Å². The number of esters is 2. The van der Waals surface area contributed by atoms with Crippen LogP contribution in [-0.4, -0.2) is 40.2 Å². The number of nitrogens with one attached hydrogen (secondary N) is 1. The normalized spacial score (nSPS) is 12.0. The number of ether oxygens (including phenoxy) is 3. The molecule has 0 amide bonds. The molecule has 2 aromatic carbocycles. The first-order valence-corrected chi connectivity index (χ1v) is 10.3. The average molecular weight is 421 g/mol. The van der Waals surface area contributed by atoms with E-state index < -0.39 is 28.1 Å². The maximum atomic E-state index is 12.7. The summed E-state index contributed by atoms with van der Waals surface area (Å²) in [5.41, 5.74) is 0.889. The summed E-state index contributed by atoms with van der Waals surface area (Å²) in [6.07, 6.45) is -1.12. The van der Waals surface area contributed by atoms with Gasteiger partial charge in [-0.05, 0) is 62.7 Å². The van der Waals surface area contributed by atoms with Crippen LogP contribution in [0.1, 0.15) is 29.8 Å². The highest BCUT2D eigenvalue weighted by atomic mass is 32.2. The van der Waals surface area contributed by atoms with Gasteiger partial charge in [-0.2, -0.15) is 0 Å². The van der Waals surface area contributed by atoms with Crippen molar-refractivity contribution in [1.29, 1.82) is 0 Å². The second-order valence-electron chi connectivity index (χ2n) is 6.11. The van der Waals surface area contributed by atoms with Crippen molar-refractivity contribution in [2.45, 2.75) is 31.8 Å². The Hall–Kier alpha value is -3.07. The molecule has 9 heteroatoms. The zero-order chi connectivity index (χ0) is 21.6. The number of hydrogen-bond acceptors (Lipinski definition) is 7. The fourth-order valence-corrected chi connectivity index (χ4v) is 3.51. The smallest absolute Gasteiger partial charge is 0.346 e. The van der Waals surface area contributed by atoms with Crippen molar-refractivity contribution in [3.8, 4) is 5.75 Å². The van der Waals surface area contributed by atoms with E-state index in [0.29, 0.717) is 23.6 Å². The number of benzene rings is 2. The van der Waals surface area contributed by atoms with Gasteiger partial charge < -0.3 is 14.2 Å². The first kappa shape index (κ1) is 22.2. The van der Waals surface area contributed by atoms with Gasteiger partial charge in [-0.3, -0.25) is 4.72 Å². The molecule has 0 fully saturated rings. The van der Waals surface area contributed by atoms with Crippen LogP contribution in [0.2, 0.25) is 0 Å². The number of methoxy groups -OCH3 is 1. The van der Waals surface area contributed by atoms with Crippen molar-refractivity contribution in [3.05, 3.63) is 53.6 Å². The van der Waals surface area contributed by atoms with Gasteiger partial charge in [0, 0.05) is 5.69 Å². The molecule has 2 rings (SSSR count). The lowest BCUT2D eigenvalue weighted by Crippen LogP contribution is -2.25. The Balaban J connectivity index is 2.24. The lowest BCUT2D eigenvalue weighted by atomic mass is 10.1. The van der Waals surface area contributed by atoms with Crippen molar-refractivity contribution in [2.24, 2.45) is 0 Å². The van der Waals surface area contributed by atoms with E-state index in [1.54, 1.807) is 31.2 Å². The summed E-state index contributed by atoms with van der Waals surface area (Å²) in [4.78, 5) is 23.7. The van der Waals surface area contributed by atoms with E-state index in [4.69, 9.17) is 9.47 Å². The number of aryl methyl sites for hydroxylation is 1. The van der Waals surface area contributed by atoms with Crippen LogP contribution >= 0.6 is 0 Å². The molecule has 0 bridgehead atoms. The standard InChI is InChI=1S/C20H23NO7S/c1-5-27-16-9-7-15(8-10-16)21-29(24,25)17-11-6-13(2)18(12-17)20(23)28-14(3)19(22)26-4/h6-12,14,21H,5H2,1-4H3/t14-/m0/s1. The molecule has 0 spiro atoms. The van der Waals surface area contributed by atoms with Gasteiger partial charge in [0.25, 0.3) is 10.0 Å². The summed E-state index contributed by atoms with van der Waals surface area (Å²) in [6.45, 7) is 5.35. The van der Waals surface area contributed by atoms with Gasteiger partial charge in [-0.25, -0.2) is 18.0 Å². The van der Waals surface area contributed by atoms with Gasteiger partial charge in [0.1, 0.15) is 5.75 Å². The van der Waals surface area contributed by atoms with Crippen LogP contribution in [0.4, 0.5) is 5.69 Å². The molecule has 0 aliphatic heterocycles. The monoisotopic (exact) mass is 421 g/mol. The lowest BCUT2D eigenvalue weighted by molar-refractivity contribution is -0.149. The van der Waals surface area contributed by atoms with E-state index in [1.807, 2.05) is 6.92 Å². The molecule has 0 radical (unpaired) electrons. The predicted molar refractivity (Wildman–Crippen MR) is 106 cm³/mol. The summed E-state index contributed by atoms with van der Waals surface area (Å²) in [6, 6.07) is 10.5. The Labute approximate surface area is 169 Å². The molecule has 2 aromatic rings. The highest BCUT2D eigenvalue weighted by molar-refractivity contribution is 7.92. The minimum Gasteiger partial charge on any atom is -0.494 e. The third-order valence-electron chi connectivity index (χ3n) is 3.97. The number of carbonyl (C=O) groups excluding carboxylic acids is 2. The van der Waals surface area contributed by atoms with E-state index in [2.05, 4.69) is 9.46 Å². The highest BCUT2D eigenvalue weighted by Gasteiger charge is 2.23. The number of sulfonamides is 1. The summed E-state index contributed by atoms with van der Waals surface area (Å²) in [5.74, 6) is -0.911. The Bertz CT molecular complexity index is 984. The Morgan fingerprint density at radius 3 is 2.34 bits per heavy atom. The topological polar surface area (TPSA) is 108 Å². The Morgan fingerprint density at radius 1 is 1.10 bits per heavy atom. The first-order chi connectivity index (χ1) is 13.7. The molecule has 156 valence electrons. The number of carbonyl (C=O) groups is 2. The molecule has 0 aromatic heterocycles. The molecule has 0 saturated heterocycles. The number of hydrogen-bond donors (Lipinski definition) is 1. The second kappa shape index (κ2) is 9.42. The number of rotatable bonds is 8. The van der Waals surface area contributed by atoms with E-state index in [-0.39, 0.29) is 10.5 Å². The largest absolute Gasteiger partial charge is 0.494 e. The van der Waals surface area contributed by atoms with Crippen molar-refractivity contribution >= 4 is 27.6 Å². The zero-order valence-electron chi connectivity index (χ0n) is 16.6. The molecule has 1 N–H and O–H groups in total. The van der Waals surface area contributed by atoms with E-state index in [1.165, 1.54) is 32.2 Å². The predicted octanol–water partition coefficient (Wildman–Crippen LogP) is 2.91. The van der Waals surface area contributed by atoms with E-state index in [0.717, 1.165) is 0 Å². The Morgan fingerprint density at radius 2 is 1.76 bits per heavy atom. The van der Waals surface area contributed by atoms with Crippen LogP contribution < -0.4 is 9.46 Å².